The van der Waals surface area contributed by atoms with E-state index in [2.05, 4.69) is 13.8 Å². The van der Waals surface area contributed by atoms with E-state index in [4.69, 9.17) is 15.2 Å². The van der Waals surface area contributed by atoms with Crippen molar-refractivity contribution < 1.29 is 14.3 Å². The Kier molecular flexibility index (Phi) is 5.16. The molecule has 0 atom stereocenters. The third kappa shape index (κ3) is 3.74. The highest BCUT2D eigenvalue weighted by Crippen LogP contribution is 2.33. The summed E-state index contributed by atoms with van der Waals surface area (Å²) >= 11 is 0. The van der Waals surface area contributed by atoms with Gasteiger partial charge in [0.1, 0.15) is 18.1 Å². The summed E-state index contributed by atoms with van der Waals surface area (Å²) in [6, 6.07) is 3.76. The highest BCUT2D eigenvalue weighted by molar-refractivity contribution is 5.70. The molecular weight excluding hydrogens is 230 g/mol. The molecule has 0 radical (unpaired) electrons. The van der Waals surface area contributed by atoms with Crippen molar-refractivity contribution >= 4 is 5.97 Å². The van der Waals surface area contributed by atoms with Gasteiger partial charge in [0.05, 0.1) is 0 Å². The molecule has 1 aromatic rings. The molecule has 2 N–H and O–H groups in total. The summed E-state index contributed by atoms with van der Waals surface area (Å²) in [7, 11) is 0. The van der Waals surface area contributed by atoms with E-state index in [-0.39, 0.29) is 11.9 Å². The fourth-order valence-corrected chi connectivity index (χ4v) is 1.69. The van der Waals surface area contributed by atoms with Crippen molar-refractivity contribution in [3.63, 3.8) is 0 Å². The van der Waals surface area contributed by atoms with Crippen LogP contribution in [0.25, 0.3) is 0 Å². The molecule has 0 saturated carbocycles. The van der Waals surface area contributed by atoms with E-state index < -0.39 is 0 Å². The zero-order chi connectivity index (χ0) is 13.7. The number of esters is 1. The van der Waals surface area contributed by atoms with Crippen molar-refractivity contribution in [1.29, 1.82) is 0 Å². The fraction of sp³-hybridized carbons (Fsp3) is 0.500. The number of nitrogens with two attached hydrogens (primary N) is 1. The summed E-state index contributed by atoms with van der Waals surface area (Å²) in [5, 5.41) is 0. The van der Waals surface area contributed by atoms with Crippen molar-refractivity contribution in [2.24, 2.45) is 5.73 Å². The van der Waals surface area contributed by atoms with Crippen molar-refractivity contribution in [2.45, 2.75) is 33.6 Å². The van der Waals surface area contributed by atoms with Crippen LogP contribution in [0.1, 0.15) is 37.8 Å². The van der Waals surface area contributed by atoms with E-state index in [0.29, 0.717) is 18.9 Å². The lowest BCUT2D eigenvalue weighted by atomic mass is 10.00. The summed E-state index contributed by atoms with van der Waals surface area (Å²) in [5.74, 6) is 1.37. The van der Waals surface area contributed by atoms with Gasteiger partial charge in [-0.1, -0.05) is 13.8 Å². The van der Waals surface area contributed by atoms with Gasteiger partial charge in [-0.25, -0.2) is 0 Å². The molecule has 0 aliphatic rings. The molecule has 0 bridgehead atoms. The first kappa shape index (κ1) is 14.5. The SMILES string of the molecule is CC(=O)Oc1cc(C(C)C)c(OCCN)cc1C. The van der Waals surface area contributed by atoms with Gasteiger partial charge >= 0.3 is 5.97 Å². The van der Waals surface area contributed by atoms with Crippen LogP contribution in [0.3, 0.4) is 0 Å². The fourth-order valence-electron chi connectivity index (χ4n) is 1.69. The van der Waals surface area contributed by atoms with Crippen LogP contribution in [-0.4, -0.2) is 19.1 Å². The second-order valence-corrected chi connectivity index (χ2v) is 4.54. The zero-order valence-corrected chi connectivity index (χ0v) is 11.4. The first-order valence-electron chi connectivity index (χ1n) is 6.11. The number of ether oxygens (including phenoxy) is 2. The Morgan fingerprint density at radius 1 is 1.33 bits per heavy atom. The van der Waals surface area contributed by atoms with Crippen LogP contribution in [0.2, 0.25) is 0 Å². The maximum atomic E-state index is 11.0. The minimum atomic E-state index is -0.316. The predicted molar refractivity (Wildman–Crippen MR) is 71.1 cm³/mol. The van der Waals surface area contributed by atoms with E-state index in [1.807, 2.05) is 19.1 Å². The minimum absolute atomic E-state index is 0.285. The van der Waals surface area contributed by atoms with Crippen LogP contribution in [0, 0.1) is 6.92 Å². The Morgan fingerprint density at radius 3 is 2.50 bits per heavy atom. The number of carbonyl (C=O) groups excluding carboxylic acids is 1. The monoisotopic (exact) mass is 251 g/mol. The summed E-state index contributed by atoms with van der Waals surface area (Å²) in [6.45, 7) is 8.37. The Hall–Kier alpha value is -1.55. The third-order valence-corrected chi connectivity index (χ3v) is 2.56. The van der Waals surface area contributed by atoms with Gasteiger partial charge < -0.3 is 15.2 Å². The van der Waals surface area contributed by atoms with E-state index in [1.54, 1.807) is 0 Å². The Bertz CT molecular complexity index is 427. The van der Waals surface area contributed by atoms with Crippen molar-refractivity contribution in [3.8, 4) is 11.5 Å². The van der Waals surface area contributed by atoms with Crippen LogP contribution in [-0.2, 0) is 4.79 Å². The van der Waals surface area contributed by atoms with Gasteiger partial charge in [-0.15, -0.1) is 0 Å². The molecule has 18 heavy (non-hydrogen) atoms. The maximum Gasteiger partial charge on any atom is 0.308 e. The minimum Gasteiger partial charge on any atom is -0.492 e. The molecule has 0 fully saturated rings. The van der Waals surface area contributed by atoms with E-state index >= 15 is 0 Å². The van der Waals surface area contributed by atoms with Gasteiger partial charge in [0.15, 0.2) is 0 Å². The molecule has 100 valence electrons. The molecule has 4 nitrogen and oxygen atoms in total. The number of hydrogen-bond donors (Lipinski definition) is 1. The quantitative estimate of drug-likeness (QED) is 0.644. The lowest BCUT2D eigenvalue weighted by molar-refractivity contribution is -0.131. The molecule has 0 aliphatic carbocycles. The van der Waals surface area contributed by atoms with Gasteiger partial charge in [0.25, 0.3) is 0 Å². The topological polar surface area (TPSA) is 61.5 Å². The summed E-state index contributed by atoms with van der Waals surface area (Å²) in [4.78, 5) is 11.0. The first-order chi connectivity index (χ1) is 8.45. The van der Waals surface area contributed by atoms with Crippen molar-refractivity contribution in [2.75, 3.05) is 13.2 Å². The molecule has 0 aliphatic heterocycles. The largest absolute Gasteiger partial charge is 0.492 e. The number of hydrogen-bond acceptors (Lipinski definition) is 4. The zero-order valence-electron chi connectivity index (χ0n) is 11.4. The normalized spacial score (nSPS) is 10.6. The van der Waals surface area contributed by atoms with Crippen LogP contribution in [0.4, 0.5) is 0 Å². The van der Waals surface area contributed by atoms with Crippen molar-refractivity contribution in [1.82, 2.24) is 0 Å². The Labute approximate surface area is 108 Å². The van der Waals surface area contributed by atoms with Gasteiger partial charge in [0.2, 0.25) is 0 Å². The third-order valence-electron chi connectivity index (χ3n) is 2.56. The maximum absolute atomic E-state index is 11.0. The van der Waals surface area contributed by atoms with Crippen molar-refractivity contribution in [3.05, 3.63) is 23.3 Å². The van der Waals surface area contributed by atoms with Crippen LogP contribution >= 0.6 is 0 Å². The average molecular weight is 251 g/mol. The molecular formula is C14H21NO3. The summed E-state index contributed by atoms with van der Waals surface area (Å²) in [6.07, 6.45) is 0. The van der Waals surface area contributed by atoms with E-state index in [0.717, 1.165) is 16.9 Å². The number of carbonyl (C=O) groups is 1. The van der Waals surface area contributed by atoms with Gasteiger partial charge in [-0.2, -0.15) is 0 Å². The van der Waals surface area contributed by atoms with Crippen LogP contribution < -0.4 is 15.2 Å². The summed E-state index contributed by atoms with van der Waals surface area (Å²) < 4.78 is 10.8. The first-order valence-corrected chi connectivity index (χ1v) is 6.11. The second kappa shape index (κ2) is 6.40. The molecule has 0 heterocycles. The predicted octanol–water partition coefficient (Wildman–Crippen LogP) is 2.38. The highest BCUT2D eigenvalue weighted by Gasteiger charge is 2.13. The van der Waals surface area contributed by atoms with Gasteiger partial charge in [-0.05, 0) is 30.5 Å². The number of aryl methyl sites for hydroxylation is 1. The Morgan fingerprint density at radius 2 is 2.00 bits per heavy atom. The standard InChI is InChI=1S/C14H21NO3/c1-9(2)12-8-13(18-11(4)16)10(3)7-14(12)17-6-5-15/h7-9H,5-6,15H2,1-4H3. The van der Waals surface area contributed by atoms with Crippen LogP contribution in [0.15, 0.2) is 12.1 Å². The molecule has 4 heteroatoms. The Balaban J connectivity index is 3.12. The number of benzene rings is 1. The van der Waals surface area contributed by atoms with E-state index in [1.165, 1.54) is 6.92 Å². The number of rotatable bonds is 5. The molecule has 0 spiro atoms. The van der Waals surface area contributed by atoms with Gasteiger partial charge in [-0.3, -0.25) is 4.79 Å². The molecule has 1 rings (SSSR count). The lowest BCUT2D eigenvalue weighted by Crippen LogP contribution is -2.12. The second-order valence-electron chi connectivity index (χ2n) is 4.54. The van der Waals surface area contributed by atoms with Gasteiger partial charge in [0, 0.05) is 19.0 Å². The molecule has 0 unspecified atom stereocenters. The van der Waals surface area contributed by atoms with E-state index in [9.17, 15) is 4.79 Å². The average Bonchev–Trinajstić information content (AvgIpc) is 2.28. The highest BCUT2D eigenvalue weighted by atomic mass is 16.5. The molecule has 0 aromatic heterocycles. The smallest absolute Gasteiger partial charge is 0.308 e. The molecule has 0 saturated heterocycles. The molecule has 0 amide bonds. The summed E-state index contributed by atoms with van der Waals surface area (Å²) in [5.41, 5.74) is 7.34. The lowest BCUT2D eigenvalue weighted by Gasteiger charge is -2.17. The van der Waals surface area contributed by atoms with Crippen LogP contribution in [0.5, 0.6) is 11.5 Å². The molecule has 1 aromatic carbocycles.